The van der Waals surface area contributed by atoms with Crippen LogP contribution in [0.15, 0.2) is 47.0 Å². The summed E-state index contributed by atoms with van der Waals surface area (Å²) >= 11 is 0. The van der Waals surface area contributed by atoms with Crippen LogP contribution < -0.4 is 11.1 Å². The maximum absolute atomic E-state index is 6.09. The molecular weight excluding hydrogens is 262 g/mol. The lowest BCUT2D eigenvalue weighted by Crippen LogP contribution is -2.23. The van der Waals surface area contributed by atoms with Crippen LogP contribution in [0.2, 0.25) is 0 Å². The Labute approximate surface area is 124 Å². The van der Waals surface area contributed by atoms with Crippen molar-refractivity contribution in [1.29, 1.82) is 0 Å². The van der Waals surface area contributed by atoms with E-state index in [0.29, 0.717) is 5.82 Å². The third-order valence-electron chi connectivity index (χ3n) is 3.66. The smallest absolute Gasteiger partial charge is 0.134 e. The van der Waals surface area contributed by atoms with Crippen molar-refractivity contribution in [3.05, 3.63) is 59.5 Å². The van der Waals surface area contributed by atoms with E-state index < -0.39 is 0 Å². The number of anilines is 1. The molecule has 0 spiro atoms. The van der Waals surface area contributed by atoms with Gasteiger partial charge in [-0.15, -0.1) is 0 Å². The Morgan fingerprint density at radius 1 is 1.29 bits per heavy atom. The van der Waals surface area contributed by atoms with Gasteiger partial charge in [-0.25, -0.2) is 4.98 Å². The second-order valence-electron chi connectivity index (χ2n) is 5.10. The highest BCUT2D eigenvalue weighted by atomic mass is 16.3. The van der Waals surface area contributed by atoms with E-state index >= 15 is 0 Å². The van der Waals surface area contributed by atoms with E-state index in [1.807, 2.05) is 37.3 Å². The number of hydrogen-bond donors (Lipinski definition) is 2. The fourth-order valence-electron chi connectivity index (χ4n) is 2.66. The molecular formula is C17H19N3O. The summed E-state index contributed by atoms with van der Waals surface area (Å²) in [4.78, 5) is 4.22. The van der Waals surface area contributed by atoms with Gasteiger partial charge in [0.15, 0.2) is 0 Å². The quantitative estimate of drug-likeness (QED) is 0.769. The summed E-state index contributed by atoms with van der Waals surface area (Å²) in [5.41, 5.74) is 9.07. The van der Waals surface area contributed by atoms with Gasteiger partial charge in [-0.2, -0.15) is 0 Å². The minimum Gasteiger partial charge on any atom is -0.459 e. The number of nitrogens with two attached hydrogens (primary N) is 1. The molecule has 0 aliphatic carbocycles. The molecule has 3 N–H and O–H groups in total. The van der Waals surface area contributed by atoms with Crippen LogP contribution in [0.5, 0.6) is 0 Å². The van der Waals surface area contributed by atoms with Gasteiger partial charge in [0.1, 0.15) is 17.2 Å². The standard InChI is InChI=1S/C17H19N3O/c1-3-19-16(15-11(2)8-9-20-17(15)18)14-10-12-6-4-5-7-13(12)21-14/h4-10,16,19H,3H2,1-2H3,(H2,18,20). The topological polar surface area (TPSA) is 64.1 Å². The van der Waals surface area contributed by atoms with Crippen molar-refractivity contribution >= 4 is 16.8 Å². The van der Waals surface area contributed by atoms with Gasteiger partial charge in [-0.3, -0.25) is 0 Å². The molecule has 108 valence electrons. The molecule has 1 unspecified atom stereocenters. The summed E-state index contributed by atoms with van der Waals surface area (Å²) in [6, 6.07) is 11.9. The maximum Gasteiger partial charge on any atom is 0.134 e. The summed E-state index contributed by atoms with van der Waals surface area (Å²) < 4.78 is 6.00. The van der Waals surface area contributed by atoms with E-state index in [4.69, 9.17) is 10.2 Å². The normalized spacial score (nSPS) is 12.7. The zero-order valence-electron chi connectivity index (χ0n) is 12.3. The maximum atomic E-state index is 6.09. The Morgan fingerprint density at radius 3 is 2.81 bits per heavy atom. The highest BCUT2D eigenvalue weighted by molar-refractivity contribution is 5.78. The molecule has 0 saturated carbocycles. The minimum atomic E-state index is -0.0869. The molecule has 0 radical (unpaired) electrons. The molecule has 1 aromatic carbocycles. The Bertz CT molecular complexity index is 710. The van der Waals surface area contributed by atoms with E-state index in [-0.39, 0.29) is 6.04 Å². The van der Waals surface area contributed by atoms with Gasteiger partial charge in [-0.05, 0) is 37.2 Å². The van der Waals surface area contributed by atoms with Crippen molar-refractivity contribution in [1.82, 2.24) is 10.3 Å². The predicted molar refractivity (Wildman–Crippen MR) is 85.1 cm³/mol. The summed E-state index contributed by atoms with van der Waals surface area (Å²) in [5.74, 6) is 1.40. The molecule has 2 heterocycles. The highest BCUT2D eigenvalue weighted by Gasteiger charge is 2.22. The van der Waals surface area contributed by atoms with Crippen LogP contribution in [0.1, 0.15) is 29.9 Å². The van der Waals surface area contributed by atoms with E-state index in [1.165, 1.54) is 0 Å². The number of rotatable bonds is 4. The Kier molecular flexibility index (Phi) is 3.62. The molecule has 0 saturated heterocycles. The number of benzene rings is 1. The number of fused-ring (bicyclic) bond motifs is 1. The fraction of sp³-hybridized carbons (Fsp3) is 0.235. The number of nitrogen functional groups attached to an aromatic ring is 1. The molecule has 21 heavy (non-hydrogen) atoms. The zero-order chi connectivity index (χ0) is 14.8. The lowest BCUT2D eigenvalue weighted by atomic mass is 10.00. The Hall–Kier alpha value is -2.33. The number of para-hydroxylation sites is 1. The number of pyridine rings is 1. The number of aryl methyl sites for hydroxylation is 1. The lowest BCUT2D eigenvalue weighted by Gasteiger charge is -2.19. The highest BCUT2D eigenvalue weighted by Crippen LogP contribution is 2.32. The van der Waals surface area contributed by atoms with E-state index in [9.17, 15) is 0 Å². The minimum absolute atomic E-state index is 0.0869. The molecule has 4 nitrogen and oxygen atoms in total. The van der Waals surface area contributed by atoms with Gasteiger partial charge in [0.25, 0.3) is 0 Å². The lowest BCUT2D eigenvalue weighted by molar-refractivity contribution is 0.476. The first-order chi connectivity index (χ1) is 10.2. The average Bonchev–Trinajstić information content (AvgIpc) is 2.89. The molecule has 3 rings (SSSR count). The van der Waals surface area contributed by atoms with Crippen LogP contribution in [-0.2, 0) is 0 Å². The van der Waals surface area contributed by atoms with E-state index in [0.717, 1.165) is 34.4 Å². The van der Waals surface area contributed by atoms with Crippen molar-refractivity contribution in [2.24, 2.45) is 0 Å². The molecule has 1 atom stereocenters. The molecule has 0 amide bonds. The molecule has 4 heteroatoms. The average molecular weight is 281 g/mol. The SMILES string of the molecule is CCNC(c1cc2ccccc2o1)c1c(C)ccnc1N. The van der Waals surface area contributed by atoms with Gasteiger partial charge in [0.05, 0.1) is 6.04 Å². The van der Waals surface area contributed by atoms with Crippen molar-refractivity contribution in [3.8, 4) is 0 Å². The summed E-state index contributed by atoms with van der Waals surface area (Å²) in [6.45, 7) is 4.92. The van der Waals surface area contributed by atoms with Crippen LogP contribution in [0.25, 0.3) is 11.0 Å². The van der Waals surface area contributed by atoms with Gasteiger partial charge >= 0.3 is 0 Å². The first-order valence-electron chi connectivity index (χ1n) is 7.13. The van der Waals surface area contributed by atoms with E-state index in [2.05, 4.69) is 23.3 Å². The van der Waals surface area contributed by atoms with Crippen LogP contribution in [-0.4, -0.2) is 11.5 Å². The van der Waals surface area contributed by atoms with E-state index in [1.54, 1.807) is 6.20 Å². The van der Waals surface area contributed by atoms with Crippen molar-refractivity contribution in [3.63, 3.8) is 0 Å². The molecule has 0 bridgehead atoms. The number of aromatic nitrogens is 1. The molecule has 2 aromatic heterocycles. The molecule has 0 aliphatic heterocycles. The van der Waals surface area contributed by atoms with Crippen molar-refractivity contribution in [2.75, 3.05) is 12.3 Å². The summed E-state index contributed by atoms with van der Waals surface area (Å²) in [5, 5.41) is 4.54. The molecule has 0 aliphatic rings. The second kappa shape index (κ2) is 5.58. The van der Waals surface area contributed by atoms with Crippen molar-refractivity contribution in [2.45, 2.75) is 19.9 Å². The first-order valence-corrected chi connectivity index (χ1v) is 7.13. The molecule has 3 aromatic rings. The van der Waals surface area contributed by atoms with Gasteiger partial charge < -0.3 is 15.5 Å². The van der Waals surface area contributed by atoms with Crippen LogP contribution in [0.3, 0.4) is 0 Å². The summed E-state index contributed by atoms with van der Waals surface area (Å²) in [6.07, 6.45) is 1.73. The predicted octanol–water partition coefficient (Wildman–Crippen LogP) is 3.42. The Morgan fingerprint density at radius 2 is 2.10 bits per heavy atom. The monoisotopic (exact) mass is 281 g/mol. The second-order valence-corrected chi connectivity index (χ2v) is 5.10. The number of nitrogens with one attached hydrogen (secondary N) is 1. The number of nitrogens with zero attached hydrogens (tertiary/aromatic N) is 1. The first kappa shape index (κ1) is 13.6. The third kappa shape index (κ3) is 2.50. The number of hydrogen-bond acceptors (Lipinski definition) is 4. The van der Waals surface area contributed by atoms with Crippen LogP contribution in [0.4, 0.5) is 5.82 Å². The molecule has 0 fully saturated rings. The van der Waals surface area contributed by atoms with Crippen LogP contribution >= 0.6 is 0 Å². The van der Waals surface area contributed by atoms with Gasteiger partial charge in [0, 0.05) is 17.1 Å². The fourth-order valence-corrected chi connectivity index (χ4v) is 2.66. The van der Waals surface area contributed by atoms with Gasteiger partial charge in [-0.1, -0.05) is 25.1 Å². The van der Waals surface area contributed by atoms with Crippen LogP contribution in [0, 0.1) is 6.92 Å². The van der Waals surface area contributed by atoms with Gasteiger partial charge in [0.2, 0.25) is 0 Å². The Balaban J connectivity index is 2.13. The number of furan rings is 1. The van der Waals surface area contributed by atoms with Crippen molar-refractivity contribution < 1.29 is 4.42 Å². The largest absolute Gasteiger partial charge is 0.459 e. The summed E-state index contributed by atoms with van der Waals surface area (Å²) in [7, 11) is 0. The third-order valence-corrected chi connectivity index (χ3v) is 3.66. The zero-order valence-corrected chi connectivity index (χ0v) is 12.3.